The molecule has 2 fully saturated rings. The first-order valence-corrected chi connectivity index (χ1v) is 8.73. The zero-order valence-corrected chi connectivity index (χ0v) is 14.4. The third kappa shape index (κ3) is 5.07. The van der Waals surface area contributed by atoms with Crippen molar-refractivity contribution in [3.8, 4) is 0 Å². The molecule has 2 saturated heterocycles. The maximum Gasteiger partial charge on any atom is 0.490 e. The summed E-state index contributed by atoms with van der Waals surface area (Å²) in [5.41, 5.74) is 0.580. The third-order valence-corrected chi connectivity index (χ3v) is 5.47. The van der Waals surface area contributed by atoms with Crippen LogP contribution in [0.15, 0.2) is 11.6 Å². The second-order valence-corrected chi connectivity index (χ2v) is 7.32. The Morgan fingerprint density at radius 1 is 1.29 bits per heavy atom. The van der Waals surface area contributed by atoms with E-state index in [0.717, 1.165) is 0 Å². The Bertz CT molecular complexity index is 529. The van der Waals surface area contributed by atoms with Gasteiger partial charge in [0, 0.05) is 24.7 Å². The topological polar surface area (TPSA) is 56.7 Å². The summed E-state index contributed by atoms with van der Waals surface area (Å²) >= 11 is 1.78. The van der Waals surface area contributed by atoms with Crippen LogP contribution in [-0.4, -0.2) is 60.4 Å². The normalized spacial score (nSPS) is 21.2. The van der Waals surface area contributed by atoms with Gasteiger partial charge in [0.25, 0.3) is 0 Å². The lowest BCUT2D eigenvalue weighted by atomic mass is 9.72. The van der Waals surface area contributed by atoms with Crippen molar-refractivity contribution in [2.75, 3.05) is 38.1 Å². The van der Waals surface area contributed by atoms with Crippen LogP contribution in [0.1, 0.15) is 25.7 Å². The summed E-state index contributed by atoms with van der Waals surface area (Å²) in [5.74, 6) is -2.76. The molecule has 0 radical (unpaired) electrons. The Kier molecular flexibility index (Phi) is 6.08. The smallest absolute Gasteiger partial charge is 0.475 e. The molecule has 1 aromatic rings. The molecule has 0 amide bonds. The zero-order valence-electron chi connectivity index (χ0n) is 13.6. The Morgan fingerprint density at radius 2 is 1.92 bits per heavy atom. The molecule has 0 bridgehead atoms. The van der Waals surface area contributed by atoms with E-state index < -0.39 is 12.1 Å². The lowest BCUT2D eigenvalue weighted by molar-refractivity contribution is -0.192. The van der Waals surface area contributed by atoms with Crippen molar-refractivity contribution in [2.24, 2.45) is 5.41 Å². The van der Waals surface area contributed by atoms with Gasteiger partial charge in [-0.15, -0.1) is 11.3 Å². The zero-order chi connectivity index (χ0) is 17.8. The Hall–Kier alpha value is -1.35. The number of carbonyl (C=O) groups is 1. The highest BCUT2D eigenvalue weighted by molar-refractivity contribution is 7.13. The number of alkyl halides is 3. The highest BCUT2D eigenvalue weighted by Gasteiger charge is 2.39. The maximum absolute atomic E-state index is 10.6. The number of carboxylic acid groups (broad SMARTS) is 1. The minimum atomic E-state index is -5.08. The molecule has 1 aromatic heterocycles. The van der Waals surface area contributed by atoms with E-state index >= 15 is 0 Å². The summed E-state index contributed by atoms with van der Waals surface area (Å²) in [6.07, 6.45) is 2.33. The first-order valence-electron chi connectivity index (χ1n) is 7.85. The van der Waals surface area contributed by atoms with Crippen molar-refractivity contribution in [1.29, 1.82) is 0 Å². The van der Waals surface area contributed by atoms with Crippen molar-refractivity contribution < 1.29 is 23.1 Å². The minimum Gasteiger partial charge on any atom is -0.475 e. The number of nitrogens with zero attached hydrogens (tertiary/aromatic N) is 3. The molecule has 0 unspecified atom stereocenters. The molecule has 3 rings (SSSR count). The summed E-state index contributed by atoms with van der Waals surface area (Å²) in [5, 5.41) is 10.4. The number of aromatic nitrogens is 1. The third-order valence-electron chi connectivity index (χ3n) is 4.64. The highest BCUT2D eigenvalue weighted by atomic mass is 32.1. The van der Waals surface area contributed by atoms with Gasteiger partial charge in [-0.2, -0.15) is 13.2 Å². The number of likely N-dealkylation sites (tertiary alicyclic amines) is 1. The molecule has 2 aliphatic rings. The van der Waals surface area contributed by atoms with Crippen LogP contribution in [0.4, 0.5) is 18.3 Å². The Balaban J connectivity index is 0.000000256. The van der Waals surface area contributed by atoms with E-state index in [1.165, 1.54) is 57.0 Å². The van der Waals surface area contributed by atoms with Crippen LogP contribution < -0.4 is 4.90 Å². The number of anilines is 1. The van der Waals surface area contributed by atoms with E-state index in [1.807, 2.05) is 6.20 Å². The van der Waals surface area contributed by atoms with Gasteiger partial charge in [0.2, 0.25) is 0 Å². The van der Waals surface area contributed by atoms with Gasteiger partial charge in [-0.1, -0.05) is 0 Å². The van der Waals surface area contributed by atoms with Gasteiger partial charge in [0.15, 0.2) is 5.13 Å². The number of halogens is 3. The minimum absolute atomic E-state index is 0.580. The van der Waals surface area contributed by atoms with Crippen LogP contribution >= 0.6 is 11.3 Å². The molecule has 2 aliphatic heterocycles. The van der Waals surface area contributed by atoms with Crippen molar-refractivity contribution in [3.05, 3.63) is 11.6 Å². The molecule has 3 heterocycles. The molecule has 5 nitrogen and oxygen atoms in total. The molecule has 0 saturated carbocycles. The van der Waals surface area contributed by atoms with Crippen LogP contribution in [0.2, 0.25) is 0 Å². The van der Waals surface area contributed by atoms with Gasteiger partial charge in [0.1, 0.15) is 0 Å². The lowest BCUT2D eigenvalue weighted by Crippen LogP contribution is -2.48. The van der Waals surface area contributed by atoms with Crippen molar-refractivity contribution in [3.63, 3.8) is 0 Å². The summed E-state index contributed by atoms with van der Waals surface area (Å²) < 4.78 is 31.7. The monoisotopic (exact) mass is 365 g/mol. The van der Waals surface area contributed by atoms with Crippen LogP contribution in [0.3, 0.4) is 0 Å². The van der Waals surface area contributed by atoms with Gasteiger partial charge >= 0.3 is 12.1 Å². The van der Waals surface area contributed by atoms with Crippen LogP contribution in [0, 0.1) is 5.41 Å². The van der Waals surface area contributed by atoms with E-state index in [4.69, 9.17) is 9.90 Å². The van der Waals surface area contributed by atoms with E-state index in [0.29, 0.717) is 5.41 Å². The molecule has 136 valence electrons. The number of thiazole rings is 1. The molecule has 0 atom stereocenters. The summed E-state index contributed by atoms with van der Waals surface area (Å²) in [7, 11) is 2.24. The average molecular weight is 365 g/mol. The van der Waals surface area contributed by atoms with Crippen LogP contribution in [0.5, 0.6) is 0 Å². The molecule has 24 heavy (non-hydrogen) atoms. The van der Waals surface area contributed by atoms with Crippen molar-refractivity contribution in [1.82, 2.24) is 9.88 Å². The van der Waals surface area contributed by atoms with Crippen molar-refractivity contribution >= 4 is 22.4 Å². The van der Waals surface area contributed by atoms with Gasteiger partial charge in [0.05, 0.1) is 0 Å². The first-order chi connectivity index (χ1) is 11.2. The molecule has 0 aromatic carbocycles. The number of piperidine rings is 2. The van der Waals surface area contributed by atoms with Crippen LogP contribution in [-0.2, 0) is 4.79 Å². The van der Waals surface area contributed by atoms with E-state index in [9.17, 15) is 13.2 Å². The van der Waals surface area contributed by atoms with E-state index in [-0.39, 0.29) is 0 Å². The van der Waals surface area contributed by atoms with Crippen molar-refractivity contribution in [2.45, 2.75) is 31.9 Å². The molecular weight excluding hydrogens is 343 g/mol. The predicted molar refractivity (Wildman–Crippen MR) is 86.4 cm³/mol. The lowest BCUT2D eigenvalue weighted by Gasteiger charge is -2.47. The second kappa shape index (κ2) is 7.69. The van der Waals surface area contributed by atoms with Gasteiger partial charge in [-0.3, -0.25) is 0 Å². The summed E-state index contributed by atoms with van der Waals surface area (Å²) in [6.45, 7) is 4.97. The van der Waals surface area contributed by atoms with Gasteiger partial charge in [-0.25, -0.2) is 9.78 Å². The average Bonchev–Trinajstić information content (AvgIpc) is 3.05. The molecule has 9 heteroatoms. The largest absolute Gasteiger partial charge is 0.490 e. The standard InChI is InChI=1S/C13H21N3S.C2HF3O2/c1-15-8-4-13(5-9-15)3-2-7-16(11-13)12-14-6-10-17-12;3-2(4,5)1(6)7/h6,10H,2-5,7-9,11H2,1H3;(H,6,7). The fourth-order valence-electron chi connectivity index (χ4n) is 3.24. The van der Waals surface area contributed by atoms with E-state index in [1.54, 1.807) is 11.3 Å². The molecular formula is C15H22F3N3O2S. The fraction of sp³-hybridized carbons (Fsp3) is 0.733. The number of hydrogen-bond donors (Lipinski definition) is 1. The SMILES string of the molecule is CN1CCC2(CCCN(c3nccs3)C2)CC1.O=C(O)C(F)(F)F. The van der Waals surface area contributed by atoms with Gasteiger partial charge < -0.3 is 14.9 Å². The highest BCUT2D eigenvalue weighted by Crippen LogP contribution is 2.41. The predicted octanol–water partition coefficient (Wildman–Crippen LogP) is 3.09. The molecule has 1 spiro atoms. The number of rotatable bonds is 1. The van der Waals surface area contributed by atoms with Crippen LogP contribution in [0.25, 0.3) is 0 Å². The first kappa shape index (κ1) is 19.0. The summed E-state index contributed by atoms with van der Waals surface area (Å²) in [6, 6.07) is 0. The quantitative estimate of drug-likeness (QED) is 0.829. The summed E-state index contributed by atoms with van der Waals surface area (Å²) in [4.78, 5) is 18.3. The number of carboxylic acids is 1. The Labute approximate surface area is 143 Å². The Morgan fingerprint density at radius 3 is 2.42 bits per heavy atom. The maximum atomic E-state index is 10.6. The number of hydrogen-bond acceptors (Lipinski definition) is 5. The molecule has 1 N–H and O–H groups in total. The molecule has 0 aliphatic carbocycles. The second-order valence-electron chi connectivity index (χ2n) is 6.45. The fourth-order valence-corrected chi connectivity index (χ4v) is 3.91. The van der Waals surface area contributed by atoms with Gasteiger partial charge in [-0.05, 0) is 51.2 Å². The van der Waals surface area contributed by atoms with E-state index in [2.05, 4.69) is 27.2 Å². The number of aliphatic carboxylic acids is 1.